The lowest BCUT2D eigenvalue weighted by Crippen LogP contribution is -2.52. The molecule has 4 nitrogen and oxygen atoms in total. The van der Waals surface area contributed by atoms with Gasteiger partial charge >= 0.3 is 0 Å². The smallest absolute Gasteiger partial charge is 0.164 e. The zero-order chi connectivity index (χ0) is 12.1. The summed E-state index contributed by atoms with van der Waals surface area (Å²) >= 11 is 0. The monoisotopic (exact) mass is 218 g/mol. The number of hydrogen-bond donors (Lipinski definition) is 2. The second-order valence-corrected chi connectivity index (χ2v) is 5.74. The van der Waals surface area contributed by atoms with Gasteiger partial charge in [-0.25, -0.2) is 0 Å². The fourth-order valence-corrected chi connectivity index (χ4v) is 1.98. The Balaban J connectivity index is 2.88. The van der Waals surface area contributed by atoms with Crippen LogP contribution >= 0.6 is 0 Å². The Kier molecular flexibility index (Phi) is 2.94. The summed E-state index contributed by atoms with van der Waals surface area (Å²) < 4.78 is 11.3. The van der Waals surface area contributed by atoms with Gasteiger partial charge < -0.3 is 19.7 Å². The van der Waals surface area contributed by atoms with Crippen LogP contribution in [0.25, 0.3) is 0 Å². The van der Waals surface area contributed by atoms with Gasteiger partial charge in [-0.1, -0.05) is 0 Å². The van der Waals surface area contributed by atoms with Crippen LogP contribution < -0.4 is 0 Å². The molecular weight excluding hydrogens is 196 g/mol. The third kappa shape index (κ3) is 2.69. The van der Waals surface area contributed by atoms with E-state index in [4.69, 9.17) is 9.47 Å². The van der Waals surface area contributed by atoms with Crippen molar-refractivity contribution in [2.45, 2.75) is 70.7 Å². The van der Waals surface area contributed by atoms with Crippen molar-refractivity contribution < 1.29 is 19.7 Å². The van der Waals surface area contributed by atoms with Gasteiger partial charge in [0.1, 0.15) is 12.2 Å². The van der Waals surface area contributed by atoms with Gasteiger partial charge in [0.25, 0.3) is 0 Å². The van der Waals surface area contributed by atoms with Crippen molar-refractivity contribution in [1.82, 2.24) is 0 Å². The van der Waals surface area contributed by atoms with Crippen LogP contribution in [-0.2, 0) is 9.47 Å². The maximum atomic E-state index is 10.00. The molecule has 1 unspecified atom stereocenters. The minimum atomic E-state index is -1.20. The van der Waals surface area contributed by atoms with E-state index in [0.29, 0.717) is 0 Å². The normalized spacial score (nSPS) is 31.6. The molecule has 1 saturated heterocycles. The van der Waals surface area contributed by atoms with Gasteiger partial charge in [-0.15, -0.1) is 0 Å². The molecule has 0 amide bonds. The number of rotatable bonds is 2. The molecule has 2 atom stereocenters. The molecule has 1 aliphatic rings. The Morgan fingerprint density at radius 1 is 1.20 bits per heavy atom. The highest BCUT2D eigenvalue weighted by Gasteiger charge is 2.53. The highest BCUT2D eigenvalue weighted by Crippen LogP contribution is 2.39. The summed E-state index contributed by atoms with van der Waals surface area (Å²) in [7, 11) is 0. The van der Waals surface area contributed by atoms with Gasteiger partial charge in [0.05, 0.1) is 11.2 Å². The van der Waals surface area contributed by atoms with Crippen molar-refractivity contribution in [2.24, 2.45) is 0 Å². The lowest BCUT2D eigenvalue weighted by molar-refractivity contribution is -0.173. The molecule has 2 N–H and O–H groups in total. The van der Waals surface area contributed by atoms with Crippen molar-refractivity contribution in [2.75, 3.05) is 0 Å². The molecule has 1 heterocycles. The highest BCUT2D eigenvalue weighted by atomic mass is 16.8. The van der Waals surface area contributed by atoms with Gasteiger partial charge in [0.2, 0.25) is 0 Å². The van der Waals surface area contributed by atoms with E-state index in [1.54, 1.807) is 27.7 Å². The Bertz CT molecular complexity index is 239. The third-order valence-electron chi connectivity index (χ3n) is 2.62. The second kappa shape index (κ2) is 3.42. The first kappa shape index (κ1) is 12.9. The van der Waals surface area contributed by atoms with Crippen LogP contribution in [-0.4, -0.2) is 39.4 Å². The second-order valence-electron chi connectivity index (χ2n) is 5.74. The number of aliphatic hydroxyl groups excluding tert-OH is 1. The van der Waals surface area contributed by atoms with Gasteiger partial charge in [-0.3, -0.25) is 0 Å². The average molecular weight is 218 g/mol. The molecule has 0 aliphatic carbocycles. The van der Waals surface area contributed by atoms with Crippen LogP contribution in [0.5, 0.6) is 0 Å². The standard InChI is InChI=1S/C11H22O4/c1-9(2,13)7(12)8-10(3,4)15-11(5,6)14-8/h7-8,12-13H,1-6H3/t7-,8?/m0/s1. The summed E-state index contributed by atoms with van der Waals surface area (Å²) in [5, 5.41) is 19.8. The maximum Gasteiger partial charge on any atom is 0.164 e. The summed E-state index contributed by atoms with van der Waals surface area (Å²) in [5.74, 6) is -0.722. The van der Waals surface area contributed by atoms with Crippen molar-refractivity contribution in [3.05, 3.63) is 0 Å². The molecule has 90 valence electrons. The summed E-state index contributed by atoms with van der Waals surface area (Å²) in [6.45, 7) is 10.4. The van der Waals surface area contributed by atoms with E-state index in [2.05, 4.69) is 0 Å². The molecule has 0 aromatic heterocycles. The van der Waals surface area contributed by atoms with E-state index in [9.17, 15) is 10.2 Å². The highest BCUT2D eigenvalue weighted by molar-refractivity contribution is 4.98. The van der Waals surface area contributed by atoms with E-state index >= 15 is 0 Å². The minimum Gasteiger partial charge on any atom is -0.388 e. The molecule has 0 aromatic rings. The van der Waals surface area contributed by atoms with Crippen molar-refractivity contribution >= 4 is 0 Å². The van der Waals surface area contributed by atoms with Crippen LogP contribution in [0.15, 0.2) is 0 Å². The van der Waals surface area contributed by atoms with E-state index in [0.717, 1.165) is 0 Å². The first-order valence-electron chi connectivity index (χ1n) is 5.24. The summed E-state index contributed by atoms with van der Waals surface area (Å²) in [6, 6.07) is 0. The van der Waals surface area contributed by atoms with Gasteiger partial charge in [-0.2, -0.15) is 0 Å². The number of hydrogen-bond acceptors (Lipinski definition) is 4. The molecule has 4 heteroatoms. The van der Waals surface area contributed by atoms with Crippen molar-refractivity contribution in [3.63, 3.8) is 0 Å². The van der Waals surface area contributed by atoms with E-state index in [1.165, 1.54) is 0 Å². The summed E-state index contributed by atoms with van der Waals surface area (Å²) in [6.07, 6.45) is -1.51. The van der Waals surface area contributed by atoms with Crippen molar-refractivity contribution in [1.29, 1.82) is 0 Å². The fourth-order valence-electron chi connectivity index (χ4n) is 1.98. The first-order chi connectivity index (χ1) is 6.46. The fraction of sp³-hybridized carbons (Fsp3) is 1.00. The maximum absolute atomic E-state index is 10.00. The molecule has 1 aliphatic heterocycles. The van der Waals surface area contributed by atoms with E-state index < -0.39 is 29.2 Å². The molecule has 0 spiro atoms. The quantitative estimate of drug-likeness (QED) is 0.727. The molecule has 0 saturated carbocycles. The van der Waals surface area contributed by atoms with E-state index in [1.807, 2.05) is 13.8 Å². The molecule has 1 fully saturated rings. The summed E-state index contributed by atoms with van der Waals surface area (Å²) in [5.41, 5.74) is -1.81. The zero-order valence-electron chi connectivity index (χ0n) is 10.4. The van der Waals surface area contributed by atoms with Crippen LogP contribution in [0.3, 0.4) is 0 Å². The zero-order valence-corrected chi connectivity index (χ0v) is 10.4. The Labute approximate surface area is 91.2 Å². The number of ether oxygens (including phenoxy) is 2. The minimum absolute atomic E-state index is 0.535. The van der Waals surface area contributed by atoms with Crippen LogP contribution in [0.2, 0.25) is 0 Å². The predicted octanol–water partition coefficient (Wildman–Crippen LogP) is 1.05. The SMILES string of the molecule is CC1(C)OC([C@H](O)C(C)(C)O)C(C)(C)O1. The Hall–Kier alpha value is -0.160. The first-order valence-corrected chi connectivity index (χ1v) is 5.24. The molecule has 0 bridgehead atoms. The van der Waals surface area contributed by atoms with Gasteiger partial charge in [0.15, 0.2) is 5.79 Å². The number of aliphatic hydroxyl groups is 2. The molecule has 15 heavy (non-hydrogen) atoms. The Morgan fingerprint density at radius 3 is 1.93 bits per heavy atom. The predicted molar refractivity (Wildman–Crippen MR) is 56.4 cm³/mol. The van der Waals surface area contributed by atoms with Gasteiger partial charge in [0, 0.05) is 0 Å². The topological polar surface area (TPSA) is 58.9 Å². The lowest BCUT2D eigenvalue weighted by atomic mass is 9.88. The van der Waals surface area contributed by atoms with Crippen LogP contribution in [0, 0.1) is 0 Å². The van der Waals surface area contributed by atoms with E-state index in [-0.39, 0.29) is 0 Å². The Morgan fingerprint density at radius 2 is 1.67 bits per heavy atom. The molecular formula is C11H22O4. The van der Waals surface area contributed by atoms with Gasteiger partial charge in [-0.05, 0) is 41.5 Å². The van der Waals surface area contributed by atoms with Crippen LogP contribution in [0.1, 0.15) is 41.5 Å². The summed E-state index contributed by atoms with van der Waals surface area (Å²) in [4.78, 5) is 0. The van der Waals surface area contributed by atoms with Crippen LogP contribution in [0.4, 0.5) is 0 Å². The molecule has 0 radical (unpaired) electrons. The lowest BCUT2D eigenvalue weighted by Gasteiger charge is -2.34. The molecule has 0 aromatic carbocycles. The van der Waals surface area contributed by atoms with Crippen molar-refractivity contribution in [3.8, 4) is 0 Å². The third-order valence-corrected chi connectivity index (χ3v) is 2.62. The molecule has 1 rings (SSSR count). The largest absolute Gasteiger partial charge is 0.388 e. The average Bonchev–Trinajstić information content (AvgIpc) is 2.15.